The summed E-state index contributed by atoms with van der Waals surface area (Å²) in [6, 6.07) is -2.38. The van der Waals surface area contributed by atoms with Gasteiger partial charge < -0.3 is 25.4 Å². The van der Waals surface area contributed by atoms with Gasteiger partial charge in [-0.2, -0.15) is 0 Å². The molecule has 0 aromatic rings. The number of likely N-dealkylation sites (tertiary alicyclic amines) is 1. The number of alkyl halides is 2. The quantitative estimate of drug-likeness (QED) is 0.468. The van der Waals surface area contributed by atoms with E-state index < -0.39 is 53.8 Å². The molecule has 0 spiro atoms. The maximum absolute atomic E-state index is 14.4. The number of carbonyl (C=O) groups is 1. The van der Waals surface area contributed by atoms with Gasteiger partial charge in [-0.25, -0.2) is 8.78 Å². The van der Waals surface area contributed by atoms with Crippen molar-refractivity contribution in [2.24, 2.45) is 5.92 Å². The van der Waals surface area contributed by atoms with Gasteiger partial charge in [0, 0.05) is 13.5 Å². The van der Waals surface area contributed by atoms with Crippen LogP contribution < -0.4 is 5.32 Å². The molecule has 4 N–H and O–H groups in total. The lowest BCUT2D eigenvalue weighted by molar-refractivity contribution is -0.223. The molecule has 2 fully saturated rings. The second-order valence-corrected chi connectivity index (χ2v) is 8.90. The number of thioether (sulfide) groups is 1. The number of nitrogens with zero attached hydrogens (tertiary/aromatic N) is 1. The Hall–Kier alpha value is -0.520. The van der Waals surface area contributed by atoms with Gasteiger partial charge in [0.25, 0.3) is 5.92 Å². The van der Waals surface area contributed by atoms with Crippen molar-refractivity contribution in [1.29, 1.82) is 0 Å². The molecule has 2 rings (SSSR count). The maximum Gasteiger partial charge on any atom is 0.267 e. The molecule has 7 nitrogen and oxygen atoms in total. The van der Waals surface area contributed by atoms with Crippen LogP contribution in [0.15, 0.2) is 0 Å². The van der Waals surface area contributed by atoms with E-state index in [2.05, 4.69) is 12.2 Å². The van der Waals surface area contributed by atoms with Crippen LogP contribution in [0.2, 0.25) is 0 Å². The highest BCUT2D eigenvalue weighted by Gasteiger charge is 2.53. The van der Waals surface area contributed by atoms with Crippen molar-refractivity contribution in [2.45, 2.75) is 81.0 Å². The Morgan fingerprint density at radius 1 is 1.32 bits per heavy atom. The Labute approximate surface area is 168 Å². The van der Waals surface area contributed by atoms with Crippen LogP contribution in [0.25, 0.3) is 0 Å². The highest BCUT2D eigenvalue weighted by molar-refractivity contribution is 7.99. The van der Waals surface area contributed by atoms with E-state index in [9.17, 15) is 28.9 Å². The number of likely N-dealkylation sites (N-methyl/N-ethyl adjacent to an activating group) is 1. The molecule has 0 aromatic carbocycles. The normalized spacial score (nSPS) is 38.4. The Morgan fingerprint density at radius 3 is 2.50 bits per heavy atom. The van der Waals surface area contributed by atoms with Crippen LogP contribution in [0, 0.1) is 5.92 Å². The molecular formula is C18H32F2N2O5S. The van der Waals surface area contributed by atoms with Gasteiger partial charge in [-0.05, 0) is 32.1 Å². The third-order valence-electron chi connectivity index (χ3n) is 5.65. The van der Waals surface area contributed by atoms with Crippen molar-refractivity contribution in [3.05, 3.63) is 0 Å². The SMILES string of the molecule is CCCC1CC(C(=O)NC(C2OC(SC)C(O)C(O)C2O)C(C)(F)F)N(C)C1. The highest BCUT2D eigenvalue weighted by Crippen LogP contribution is 2.34. The number of hydrogen-bond acceptors (Lipinski definition) is 7. The third-order valence-corrected chi connectivity index (χ3v) is 6.50. The van der Waals surface area contributed by atoms with E-state index in [1.54, 1.807) is 13.3 Å². The van der Waals surface area contributed by atoms with E-state index in [4.69, 9.17) is 4.74 Å². The Bertz CT molecular complexity index is 537. The minimum Gasteiger partial charge on any atom is -0.388 e. The van der Waals surface area contributed by atoms with E-state index in [1.807, 2.05) is 4.90 Å². The van der Waals surface area contributed by atoms with Gasteiger partial charge in [-0.3, -0.25) is 9.69 Å². The average Bonchev–Trinajstić information content (AvgIpc) is 2.98. The zero-order valence-electron chi connectivity index (χ0n) is 16.7. The number of amides is 1. The number of halogens is 2. The largest absolute Gasteiger partial charge is 0.388 e. The first-order chi connectivity index (χ1) is 13.0. The van der Waals surface area contributed by atoms with Gasteiger partial charge in [0.2, 0.25) is 5.91 Å². The van der Waals surface area contributed by atoms with Gasteiger partial charge >= 0.3 is 0 Å². The molecule has 2 heterocycles. The molecule has 0 aromatic heterocycles. The van der Waals surface area contributed by atoms with Gasteiger partial charge in [-0.1, -0.05) is 13.3 Å². The fourth-order valence-corrected chi connectivity index (χ4v) is 4.80. The maximum atomic E-state index is 14.4. The summed E-state index contributed by atoms with van der Waals surface area (Å²) in [4.78, 5) is 14.6. The molecule has 8 atom stereocenters. The number of aliphatic hydroxyl groups is 3. The van der Waals surface area contributed by atoms with E-state index in [0.29, 0.717) is 19.3 Å². The van der Waals surface area contributed by atoms with Crippen LogP contribution in [0.1, 0.15) is 33.1 Å². The molecule has 2 aliphatic rings. The lowest BCUT2D eigenvalue weighted by atomic mass is 9.91. The zero-order chi connectivity index (χ0) is 21.2. The molecule has 28 heavy (non-hydrogen) atoms. The molecule has 164 valence electrons. The van der Waals surface area contributed by atoms with Crippen LogP contribution in [0.5, 0.6) is 0 Å². The van der Waals surface area contributed by atoms with Crippen LogP contribution in [0.4, 0.5) is 8.78 Å². The van der Waals surface area contributed by atoms with E-state index in [1.165, 1.54) is 0 Å². The summed E-state index contributed by atoms with van der Waals surface area (Å²) in [5.74, 6) is -3.63. The first kappa shape index (κ1) is 23.8. The fraction of sp³-hybridized carbons (Fsp3) is 0.944. The van der Waals surface area contributed by atoms with E-state index in [0.717, 1.165) is 31.1 Å². The van der Waals surface area contributed by atoms with Crippen LogP contribution >= 0.6 is 11.8 Å². The summed E-state index contributed by atoms with van der Waals surface area (Å²) in [6.07, 6.45) is -2.26. The number of carbonyl (C=O) groups excluding carboxylic acids is 1. The summed E-state index contributed by atoms with van der Waals surface area (Å²) >= 11 is 1.03. The lowest BCUT2D eigenvalue weighted by Crippen LogP contribution is -2.67. The highest BCUT2D eigenvalue weighted by atomic mass is 32.2. The number of nitrogens with one attached hydrogen (secondary N) is 1. The Kier molecular flexibility index (Phi) is 8.08. The fourth-order valence-electron chi connectivity index (χ4n) is 4.12. The van der Waals surface area contributed by atoms with E-state index >= 15 is 0 Å². The smallest absolute Gasteiger partial charge is 0.267 e. The molecule has 2 saturated heterocycles. The number of ether oxygens (including phenoxy) is 1. The molecule has 1 amide bonds. The van der Waals surface area contributed by atoms with Gasteiger partial charge in [-0.15, -0.1) is 11.8 Å². The molecular weight excluding hydrogens is 394 g/mol. The second kappa shape index (κ2) is 9.53. The topological polar surface area (TPSA) is 102 Å². The Morgan fingerprint density at radius 2 is 1.96 bits per heavy atom. The van der Waals surface area contributed by atoms with Crippen molar-refractivity contribution in [3.8, 4) is 0 Å². The zero-order valence-corrected chi connectivity index (χ0v) is 17.5. The predicted molar refractivity (Wildman–Crippen MR) is 102 cm³/mol. The van der Waals surface area contributed by atoms with Crippen molar-refractivity contribution in [2.75, 3.05) is 19.8 Å². The molecule has 0 bridgehead atoms. The minimum atomic E-state index is -3.41. The monoisotopic (exact) mass is 426 g/mol. The summed E-state index contributed by atoms with van der Waals surface area (Å²) in [5.41, 5.74) is -0.992. The first-order valence-electron chi connectivity index (χ1n) is 9.62. The van der Waals surface area contributed by atoms with Crippen LogP contribution in [-0.4, -0.2) is 93.8 Å². The van der Waals surface area contributed by atoms with Crippen LogP contribution in [-0.2, 0) is 9.53 Å². The van der Waals surface area contributed by atoms with Crippen molar-refractivity contribution < 1.29 is 33.6 Å². The summed E-state index contributed by atoms with van der Waals surface area (Å²) in [7, 11) is 1.79. The van der Waals surface area contributed by atoms with Crippen molar-refractivity contribution in [3.63, 3.8) is 0 Å². The van der Waals surface area contributed by atoms with E-state index in [-0.39, 0.29) is 0 Å². The number of aliphatic hydroxyl groups excluding tert-OH is 3. The molecule has 0 aliphatic carbocycles. The number of hydrogen-bond donors (Lipinski definition) is 4. The van der Waals surface area contributed by atoms with Gasteiger partial charge in [0.1, 0.15) is 35.9 Å². The van der Waals surface area contributed by atoms with Gasteiger partial charge in [0.15, 0.2) is 0 Å². The number of rotatable bonds is 7. The minimum absolute atomic E-state index is 0.334. The standard InChI is InChI=1S/C18H32F2N2O5S/c1-5-6-9-7-10(22(3)8-9)16(26)21-15(18(2,19)20)14-12(24)11(23)13(25)17(27-14)28-4/h9-15,17,23-25H,5-8H2,1-4H3,(H,21,26). The molecule has 10 heteroatoms. The van der Waals surface area contributed by atoms with Gasteiger partial charge in [0.05, 0.1) is 6.04 Å². The second-order valence-electron chi connectivity index (χ2n) is 7.96. The van der Waals surface area contributed by atoms with Crippen LogP contribution in [0.3, 0.4) is 0 Å². The Balaban J connectivity index is 2.17. The molecule has 0 saturated carbocycles. The molecule has 0 radical (unpaired) electrons. The molecule has 8 unspecified atom stereocenters. The summed E-state index contributed by atoms with van der Waals surface area (Å²) in [6.45, 7) is 3.42. The van der Waals surface area contributed by atoms with Crippen molar-refractivity contribution in [1.82, 2.24) is 10.2 Å². The van der Waals surface area contributed by atoms with Crippen molar-refractivity contribution >= 4 is 17.7 Å². The summed E-state index contributed by atoms with van der Waals surface area (Å²) in [5, 5.41) is 32.6. The summed E-state index contributed by atoms with van der Waals surface area (Å²) < 4.78 is 34.2. The third kappa shape index (κ3) is 5.14. The average molecular weight is 427 g/mol. The first-order valence-corrected chi connectivity index (χ1v) is 10.9. The molecule has 2 aliphatic heterocycles. The predicted octanol–water partition coefficient (Wildman–Crippen LogP) is 0.417. The lowest BCUT2D eigenvalue weighted by Gasteiger charge is -2.44.